The molecule has 3 heteroatoms. The fraction of sp³-hybridized carbons (Fsp3) is 0.389. The quantitative estimate of drug-likeness (QED) is 0.886. The number of benzene rings is 1. The van der Waals surface area contributed by atoms with Crippen molar-refractivity contribution in [1.29, 1.82) is 0 Å². The summed E-state index contributed by atoms with van der Waals surface area (Å²) in [5.74, 6) is 0.361. The van der Waals surface area contributed by atoms with Crippen molar-refractivity contribution in [3.63, 3.8) is 0 Å². The van der Waals surface area contributed by atoms with Gasteiger partial charge in [0.1, 0.15) is 0 Å². The number of hydrogen-bond acceptors (Lipinski definition) is 3. The van der Waals surface area contributed by atoms with Crippen molar-refractivity contribution in [3.8, 4) is 0 Å². The summed E-state index contributed by atoms with van der Waals surface area (Å²) in [6.07, 6.45) is 5.26. The molecule has 0 radical (unpaired) electrons. The van der Waals surface area contributed by atoms with Crippen molar-refractivity contribution in [2.24, 2.45) is 5.92 Å². The van der Waals surface area contributed by atoms with Crippen LogP contribution in [0.3, 0.4) is 0 Å². The normalized spacial score (nSPS) is 23.1. The zero-order valence-electron chi connectivity index (χ0n) is 12.2. The average molecular weight is 282 g/mol. The Kier molecular flexibility index (Phi) is 4.63. The topological polar surface area (TPSA) is 45.1 Å². The van der Waals surface area contributed by atoms with Crippen LogP contribution in [-0.2, 0) is 0 Å². The van der Waals surface area contributed by atoms with Crippen molar-refractivity contribution in [1.82, 2.24) is 10.3 Å². The van der Waals surface area contributed by atoms with Gasteiger partial charge in [0.2, 0.25) is 0 Å². The summed E-state index contributed by atoms with van der Waals surface area (Å²) in [5.41, 5.74) is 2.26. The van der Waals surface area contributed by atoms with E-state index >= 15 is 0 Å². The Labute approximate surface area is 126 Å². The van der Waals surface area contributed by atoms with E-state index in [1.54, 1.807) is 0 Å². The fourth-order valence-corrected chi connectivity index (χ4v) is 3.23. The summed E-state index contributed by atoms with van der Waals surface area (Å²) in [4.78, 5) is 4.52. The van der Waals surface area contributed by atoms with E-state index in [9.17, 15) is 5.11 Å². The highest BCUT2D eigenvalue weighted by atomic mass is 16.3. The summed E-state index contributed by atoms with van der Waals surface area (Å²) in [5, 5.41) is 13.3. The number of aliphatic hydroxyl groups is 1. The van der Waals surface area contributed by atoms with Crippen LogP contribution in [0.15, 0.2) is 54.7 Å². The fourth-order valence-electron chi connectivity index (χ4n) is 3.23. The lowest BCUT2D eigenvalue weighted by Crippen LogP contribution is -2.37. The van der Waals surface area contributed by atoms with Gasteiger partial charge in [0.05, 0.1) is 11.7 Å². The van der Waals surface area contributed by atoms with Crippen LogP contribution in [0.4, 0.5) is 0 Å². The van der Waals surface area contributed by atoms with Crippen LogP contribution < -0.4 is 5.32 Å². The number of rotatable bonds is 5. The van der Waals surface area contributed by atoms with E-state index in [2.05, 4.69) is 40.6 Å². The second-order valence-electron chi connectivity index (χ2n) is 5.75. The number of hydrogen-bond donors (Lipinski definition) is 2. The van der Waals surface area contributed by atoms with Crippen molar-refractivity contribution >= 4 is 0 Å². The monoisotopic (exact) mass is 282 g/mol. The SMILES string of the molecule is OC[C@H]1CCC[C@@H]1N[C@@H](c1ccccc1)c1ccccn1. The molecule has 0 unspecified atom stereocenters. The van der Waals surface area contributed by atoms with Crippen LogP contribution in [0.1, 0.15) is 36.6 Å². The minimum absolute atomic E-state index is 0.0875. The van der Waals surface area contributed by atoms with Crippen LogP contribution >= 0.6 is 0 Å². The molecule has 0 saturated heterocycles. The molecule has 1 saturated carbocycles. The Bertz CT molecular complexity index is 504. The van der Waals surface area contributed by atoms with E-state index < -0.39 is 0 Å². The third-order valence-corrected chi connectivity index (χ3v) is 4.39. The lowest BCUT2D eigenvalue weighted by molar-refractivity contribution is 0.201. The van der Waals surface area contributed by atoms with Crippen LogP contribution in [0.25, 0.3) is 0 Å². The molecule has 110 valence electrons. The maximum absolute atomic E-state index is 9.53. The second-order valence-corrected chi connectivity index (χ2v) is 5.75. The van der Waals surface area contributed by atoms with Crippen molar-refractivity contribution in [2.75, 3.05) is 6.61 Å². The van der Waals surface area contributed by atoms with Gasteiger partial charge in [0.15, 0.2) is 0 Å². The molecular weight excluding hydrogens is 260 g/mol. The third kappa shape index (κ3) is 3.31. The average Bonchev–Trinajstić information content (AvgIpc) is 3.01. The standard InChI is InChI=1S/C18H22N2O/c21-13-15-9-6-11-16(15)20-18(14-7-2-1-3-8-14)17-10-4-5-12-19-17/h1-5,7-8,10,12,15-16,18,20-21H,6,9,11,13H2/t15-,16+,18+/m1/s1. The first kappa shape index (κ1) is 14.2. The van der Waals surface area contributed by atoms with Gasteiger partial charge in [0.25, 0.3) is 0 Å². The van der Waals surface area contributed by atoms with Crippen molar-refractivity contribution < 1.29 is 5.11 Å². The van der Waals surface area contributed by atoms with Crippen LogP contribution in [0, 0.1) is 5.92 Å². The van der Waals surface area contributed by atoms with E-state index in [1.165, 1.54) is 12.0 Å². The first-order valence-electron chi connectivity index (χ1n) is 7.71. The predicted molar refractivity (Wildman–Crippen MR) is 83.9 cm³/mol. The Morgan fingerprint density at radius 2 is 1.90 bits per heavy atom. The molecule has 1 fully saturated rings. The van der Waals surface area contributed by atoms with E-state index in [-0.39, 0.29) is 12.6 Å². The van der Waals surface area contributed by atoms with Gasteiger partial charge in [-0.2, -0.15) is 0 Å². The van der Waals surface area contributed by atoms with Gasteiger partial charge in [-0.05, 0) is 36.5 Å². The van der Waals surface area contributed by atoms with Gasteiger partial charge in [-0.25, -0.2) is 0 Å². The van der Waals surface area contributed by atoms with Crippen LogP contribution in [0.2, 0.25) is 0 Å². The summed E-state index contributed by atoms with van der Waals surface area (Å²) >= 11 is 0. The highest BCUT2D eigenvalue weighted by Gasteiger charge is 2.29. The molecule has 3 atom stereocenters. The molecular formula is C18H22N2O. The summed E-state index contributed by atoms with van der Waals surface area (Å²) < 4.78 is 0. The predicted octanol–water partition coefficient (Wildman–Crippen LogP) is 2.92. The Balaban J connectivity index is 1.86. The maximum atomic E-state index is 9.53. The third-order valence-electron chi connectivity index (χ3n) is 4.39. The lowest BCUT2D eigenvalue weighted by atomic mass is 9.98. The highest BCUT2D eigenvalue weighted by molar-refractivity contribution is 5.27. The molecule has 1 aliphatic carbocycles. The molecule has 0 bridgehead atoms. The number of aromatic nitrogens is 1. The van der Waals surface area contributed by atoms with E-state index in [0.717, 1.165) is 18.5 Å². The molecule has 0 spiro atoms. The Morgan fingerprint density at radius 3 is 2.62 bits per heavy atom. The summed E-state index contributed by atoms with van der Waals surface area (Å²) in [7, 11) is 0. The zero-order valence-corrected chi connectivity index (χ0v) is 12.2. The number of aliphatic hydroxyl groups excluding tert-OH is 1. The van der Waals surface area contributed by atoms with Gasteiger partial charge in [0, 0.05) is 18.8 Å². The number of nitrogens with one attached hydrogen (secondary N) is 1. The molecule has 3 nitrogen and oxygen atoms in total. The molecule has 0 aliphatic heterocycles. The minimum Gasteiger partial charge on any atom is -0.396 e. The van der Waals surface area contributed by atoms with E-state index in [1.807, 2.05) is 24.4 Å². The molecule has 0 amide bonds. The van der Waals surface area contributed by atoms with Gasteiger partial charge in [-0.15, -0.1) is 0 Å². The van der Waals surface area contributed by atoms with Gasteiger partial charge in [-0.1, -0.05) is 42.8 Å². The molecule has 1 aliphatic rings. The van der Waals surface area contributed by atoms with Crippen LogP contribution in [0.5, 0.6) is 0 Å². The molecule has 1 heterocycles. The Morgan fingerprint density at radius 1 is 1.10 bits per heavy atom. The Hall–Kier alpha value is -1.71. The zero-order chi connectivity index (χ0) is 14.5. The van der Waals surface area contributed by atoms with Crippen molar-refractivity contribution in [3.05, 3.63) is 66.0 Å². The number of pyridine rings is 1. The molecule has 3 rings (SSSR count). The molecule has 1 aromatic heterocycles. The van der Waals surface area contributed by atoms with E-state index in [0.29, 0.717) is 12.0 Å². The maximum Gasteiger partial charge on any atom is 0.0753 e. The second kappa shape index (κ2) is 6.83. The van der Waals surface area contributed by atoms with Crippen LogP contribution in [-0.4, -0.2) is 22.7 Å². The summed E-state index contributed by atoms with van der Waals surface area (Å²) in [6, 6.07) is 16.9. The lowest BCUT2D eigenvalue weighted by Gasteiger charge is -2.26. The molecule has 2 N–H and O–H groups in total. The van der Waals surface area contributed by atoms with Crippen molar-refractivity contribution in [2.45, 2.75) is 31.3 Å². The smallest absolute Gasteiger partial charge is 0.0753 e. The van der Waals surface area contributed by atoms with E-state index in [4.69, 9.17) is 0 Å². The summed E-state index contributed by atoms with van der Waals surface area (Å²) in [6.45, 7) is 0.265. The molecule has 2 aromatic rings. The van der Waals surface area contributed by atoms with Gasteiger partial charge >= 0.3 is 0 Å². The number of nitrogens with zero attached hydrogens (tertiary/aromatic N) is 1. The molecule has 1 aromatic carbocycles. The first-order valence-corrected chi connectivity index (χ1v) is 7.71. The largest absolute Gasteiger partial charge is 0.396 e. The van der Waals surface area contributed by atoms with Gasteiger partial charge < -0.3 is 10.4 Å². The first-order chi connectivity index (χ1) is 10.4. The highest BCUT2D eigenvalue weighted by Crippen LogP contribution is 2.29. The minimum atomic E-state index is 0.0875. The molecule has 21 heavy (non-hydrogen) atoms. The van der Waals surface area contributed by atoms with Gasteiger partial charge in [-0.3, -0.25) is 4.98 Å².